The third-order valence-electron chi connectivity index (χ3n) is 2.11. The van der Waals surface area contributed by atoms with Gasteiger partial charge in [-0.1, -0.05) is 6.92 Å². The number of nitrogens with two attached hydrogens (primary N) is 1. The van der Waals surface area contributed by atoms with Gasteiger partial charge in [-0.25, -0.2) is 0 Å². The number of amides is 2. The molecule has 0 aliphatic rings. The summed E-state index contributed by atoms with van der Waals surface area (Å²) < 4.78 is 0. The molecule has 1 aromatic heterocycles. The van der Waals surface area contributed by atoms with Crippen molar-refractivity contribution < 1.29 is 9.59 Å². The SMILES string of the molecule is CCCNC(=O)CCNC(=O)c1sccc1N. The van der Waals surface area contributed by atoms with Crippen LogP contribution in [0.25, 0.3) is 0 Å². The Labute approximate surface area is 104 Å². The second kappa shape index (κ2) is 6.90. The predicted octanol–water partition coefficient (Wildman–Crippen LogP) is 0.976. The Balaban J connectivity index is 2.25. The summed E-state index contributed by atoms with van der Waals surface area (Å²) in [5.74, 6) is -0.271. The number of rotatable bonds is 6. The summed E-state index contributed by atoms with van der Waals surface area (Å²) in [6, 6.07) is 1.69. The standard InChI is InChI=1S/C11H17N3O2S/c1-2-5-13-9(15)3-6-14-11(16)10-8(12)4-7-17-10/h4,7H,2-3,5-6,12H2,1H3,(H,13,15)(H,14,16). The molecular weight excluding hydrogens is 238 g/mol. The fourth-order valence-electron chi connectivity index (χ4n) is 1.23. The van der Waals surface area contributed by atoms with E-state index in [0.717, 1.165) is 6.42 Å². The van der Waals surface area contributed by atoms with Crippen molar-refractivity contribution in [2.24, 2.45) is 0 Å². The minimum Gasteiger partial charge on any atom is -0.397 e. The van der Waals surface area contributed by atoms with Crippen LogP contribution in [-0.4, -0.2) is 24.9 Å². The van der Waals surface area contributed by atoms with Crippen LogP contribution in [0.1, 0.15) is 29.4 Å². The van der Waals surface area contributed by atoms with Gasteiger partial charge < -0.3 is 16.4 Å². The van der Waals surface area contributed by atoms with E-state index < -0.39 is 0 Å². The van der Waals surface area contributed by atoms with Gasteiger partial charge in [-0.2, -0.15) is 0 Å². The van der Waals surface area contributed by atoms with Gasteiger partial charge in [-0.05, 0) is 17.9 Å². The van der Waals surface area contributed by atoms with Crippen molar-refractivity contribution in [1.82, 2.24) is 10.6 Å². The average molecular weight is 255 g/mol. The lowest BCUT2D eigenvalue weighted by Crippen LogP contribution is -2.30. The van der Waals surface area contributed by atoms with Crippen molar-refractivity contribution in [2.75, 3.05) is 18.8 Å². The highest BCUT2D eigenvalue weighted by Crippen LogP contribution is 2.17. The number of thiophene rings is 1. The van der Waals surface area contributed by atoms with Gasteiger partial charge in [0.15, 0.2) is 0 Å². The van der Waals surface area contributed by atoms with E-state index in [-0.39, 0.29) is 18.2 Å². The maximum atomic E-state index is 11.6. The Hall–Kier alpha value is -1.56. The lowest BCUT2D eigenvalue weighted by atomic mass is 10.3. The lowest BCUT2D eigenvalue weighted by molar-refractivity contribution is -0.120. The molecule has 17 heavy (non-hydrogen) atoms. The minimum atomic E-state index is -0.221. The Morgan fingerprint density at radius 3 is 2.71 bits per heavy atom. The topological polar surface area (TPSA) is 84.2 Å². The highest BCUT2D eigenvalue weighted by Gasteiger charge is 2.10. The Morgan fingerprint density at radius 2 is 2.12 bits per heavy atom. The monoisotopic (exact) mass is 255 g/mol. The fourth-order valence-corrected chi connectivity index (χ4v) is 1.96. The van der Waals surface area contributed by atoms with E-state index in [4.69, 9.17) is 5.73 Å². The van der Waals surface area contributed by atoms with E-state index >= 15 is 0 Å². The van der Waals surface area contributed by atoms with Crippen molar-refractivity contribution in [1.29, 1.82) is 0 Å². The zero-order valence-electron chi connectivity index (χ0n) is 9.79. The van der Waals surface area contributed by atoms with Crippen molar-refractivity contribution in [2.45, 2.75) is 19.8 Å². The number of nitrogen functional groups attached to an aromatic ring is 1. The van der Waals surface area contributed by atoms with Crippen LogP contribution >= 0.6 is 11.3 Å². The summed E-state index contributed by atoms with van der Waals surface area (Å²) in [4.78, 5) is 23.4. The fraction of sp³-hybridized carbons (Fsp3) is 0.455. The van der Waals surface area contributed by atoms with Gasteiger partial charge >= 0.3 is 0 Å². The molecule has 0 aliphatic heterocycles. The molecule has 1 rings (SSSR count). The van der Waals surface area contributed by atoms with Crippen LogP contribution in [0.2, 0.25) is 0 Å². The first kappa shape index (κ1) is 13.5. The molecule has 0 radical (unpaired) electrons. The molecule has 1 heterocycles. The first-order valence-electron chi connectivity index (χ1n) is 5.53. The first-order chi connectivity index (χ1) is 8.15. The van der Waals surface area contributed by atoms with Crippen molar-refractivity contribution in [3.05, 3.63) is 16.3 Å². The zero-order chi connectivity index (χ0) is 12.7. The average Bonchev–Trinajstić information content (AvgIpc) is 2.72. The second-order valence-corrected chi connectivity index (χ2v) is 4.48. The van der Waals surface area contributed by atoms with Crippen LogP contribution in [0.15, 0.2) is 11.4 Å². The molecule has 0 fully saturated rings. The second-order valence-electron chi connectivity index (χ2n) is 3.56. The maximum absolute atomic E-state index is 11.6. The van der Waals surface area contributed by atoms with Gasteiger partial charge in [0.05, 0.1) is 5.69 Å². The van der Waals surface area contributed by atoms with E-state index in [1.165, 1.54) is 11.3 Å². The van der Waals surface area contributed by atoms with Crippen molar-refractivity contribution in [3.63, 3.8) is 0 Å². The number of nitrogens with one attached hydrogen (secondary N) is 2. The molecule has 4 N–H and O–H groups in total. The Bertz CT molecular complexity index is 390. The molecule has 1 aromatic rings. The quantitative estimate of drug-likeness (QED) is 0.708. The Kier molecular flexibility index (Phi) is 5.48. The third-order valence-corrected chi connectivity index (χ3v) is 3.04. The molecule has 0 saturated heterocycles. The highest BCUT2D eigenvalue weighted by molar-refractivity contribution is 7.12. The van der Waals surface area contributed by atoms with Gasteiger partial charge in [0.25, 0.3) is 5.91 Å². The Morgan fingerprint density at radius 1 is 1.35 bits per heavy atom. The van der Waals surface area contributed by atoms with Gasteiger partial charge in [0.2, 0.25) is 5.91 Å². The summed E-state index contributed by atoms with van der Waals surface area (Å²) >= 11 is 1.29. The molecule has 0 unspecified atom stereocenters. The molecule has 94 valence electrons. The maximum Gasteiger partial charge on any atom is 0.263 e. The summed E-state index contributed by atoms with van der Waals surface area (Å²) in [5, 5.41) is 7.17. The first-order valence-corrected chi connectivity index (χ1v) is 6.41. The van der Waals surface area contributed by atoms with Crippen LogP contribution in [-0.2, 0) is 4.79 Å². The zero-order valence-corrected chi connectivity index (χ0v) is 10.6. The van der Waals surface area contributed by atoms with Gasteiger partial charge in [0.1, 0.15) is 4.88 Å². The lowest BCUT2D eigenvalue weighted by Gasteiger charge is -2.05. The van der Waals surface area contributed by atoms with Crippen LogP contribution in [0.5, 0.6) is 0 Å². The van der Waals surface area contributed by atoms with Gasteiger partial charge in [-0.3, -0.25) is 9.59 Å². The normalized spacial score (nSPS) is 9.94. The molecule has 6 heteroatoms. The molecule has 0 bridgehead atoms. The van der Waals surface area contributed by atoms with E-state index in [9.17, 15) is 9.59 Å². The van der Waals surface area contributed by atoms with Crippen molar-refractivity contribution in [3.8, 4) is 0 Å². The van der Waals surface area contributed by atoms with Crippen LogP contribution in [0, 0.1) is 0 Å². The molecule has 5 nitrogen and oxygen atoms in total. The third kappa shape index (κ3) is 4.44. The van der Waals surface area contributed by atoms with E-state index in [1.807, 2.05) is 6.92 Å². The number of carbonyl (C=O) groups is 2. The molecule has 2 amide bonds. The molecule has 0 atom stereocenters. The number of hydrogen-bond donors (Lipinski definition) is 3. The van der Waals surface area contributed by atoms with Gasteiger partial charge in [-0.15, -0.1) is 11.3 Å². The highest BCUT2D eigenvalue weighted by atomic mass is 32.1. The van der Waals surface area contributed by atoms with Gasteiger partial charge in [0, 0.05) is 19.5 Å². The summed E-state index contributed by atoms with van der Waals surface area (Å²) in [6.45, 7) is 2.98. The number of hydrogen-bond acceptors (Lipinski definition) is 4. The van der Waals surface area contributed by atoms with E-state index in [1.54, 1.807) is 11.4 Å². The molecular formula is C11H17N3O2S. The predicted molar refractivity (Wildman–Crippen MR) is 69.0 cm³/mol. The van der Waals surface area contributed by atoms with Crippen LogP contribution in [0.3, 0.4) is 0 Å². The molecule has 0 aliphatic carbocycles. The minimum absolute atomic E-state index is 0.0497. The number of carbonyl (C=O) groups excluding carboxylic acids is 2. The summed E-state index contributed by atoms with van der Waals surface area (Å²) in [7, 11) is 0. The van der Waals surface area contributed by atoms with Crippen LogP contribution in [0.4, 0.5) is 5.69 Å². The summed E-state index contributed by atoms with van der Waals surface area (Å²) in [6.07, 6.45) is 1.20. The molecule has 0 spiro atoms. The number of anilines is 1. The van der Waals surface area contributed by atoms with Crippen LogP contribution < -0.4 is 16.4 Å². The summed E-state index contributed by atoms with van der Waals surface area (Å²) in [5.41, 5.74) is 6.08. The van der Waals surface area contributed by atoms with E-state index in [0.29, 0.717) is 23.7 Å². The molecule has 0 saturated carbocycles. The smallest absolute Gasteiger partial charge is 0.263 e. The van der Waals surface area contributed by atoms with E-state index in [2.05, 4.69) is 10.6 Å². The van der Waals surface area contributed by atoms with Crippen molar-refractivity contribution >= 4 is 28.8 Å². The molecule has 0 aromatic carbocycles. The largest absolute Gasteiger partial charge is 0.397 e.